The first kappa shape index (κ1) is 6.56. The maximum Gasteiger partial charge on any atom is 0.187 e. The van der Waals surface area contributed by atoms with E-state index in [2.05, 4.69) is 11.4 Å². The van der Waals surface area contributed by atoms with Crippen molar-refractivity contribution in [3.8, 4) is 6.07 Å². The highest BCUT2D eigenvalue weighted by molar-refractivity contribution is 8.00. The third-order valence-electron chi connectivity index (χ3n) is 1.47. The van der Waals surface area contributed by atoms with Crippen molar-refractivity contribution in [2.24, 2.45) is 0 Å². The van der Waals surface area contributed by atoms with Gasteiger partial charge in [0.1, 0.15) is 6.07 Å². The summed E-state index contributed by atoms with van der Waals surface area (Å²) in [5, 5.41) is 12.5. The van der Waals surface area contributed by atoms with Gasteiger partial charge in [0.05, 0.1) is 5.69 Å². The maximum absolute atomic E-state index is 8.57. The molecule has 2 nitrogen and oxygen atoms in total. The third kappa shape index (κ3) is 1.06. The van der Waals surface area contributed by atoms with Crippen LogP contribution in [-0.4, -0.2) is 5.37 Å². The van der Waals surface area contributed by atoms with Crippen LogP contribution in [0.3, 0.4) is 0 Å². The van der Waals surface area contributed by atoms with Crippen LogP contribution in [0.15, 0.2) is 29.2 Å². The summed E-state index contributed by atoms with van der Waals surface area (Å²) in [7, 11) is 0. The van der Waals surface area contributed by atoms with Crippen molar-refractivity contribution in [2.75, 3.05) is 0 Å². The number of benzene rings is 1. The molecule has 0 amide bonds. The Labute approximate surface area is 69.2 Å². The van der Waals surface area contributed by atoms with E-state index >= 15 is 0 Å². The number of thioether (sulfide) groups is 1. The second kappa shape index (κ2) is 2.48. The van der Waals surface area contributed by atoms with E-state index in [0.717, 1.165) is 10.6 Å². The molecule has 0 aromatic heterocycles. The minimum absolute atomic E-state index is 0.229. The van der Waals surface area contributed by atoms with Gasteiger partial charge < -0.3 is 0 Å². The highest BCUT2D eigenvalue weighted by Crippen LogP contribution is 2.37. The molecule has 1 atom stereocenters. The van der Waals surface area contributed by atoms with Gasteiger partial charge in [-0.15, -0.1) is 0 Å². The molecule has 1 heterocycles. The molecule has 1 unspecified atom stereocenters. The predicted molar refractivity (Wildman–Crippen MR) is 43.5 cm³/mol. The van der Waals surface area contributed by atoms with E-state index in [-0.39, 0.29) is 5.37 Å². The van der Waals surface area contributed by atoms with Crippen LogP contribution in [0, 0.1) is 11.3 Å². The SMILES string of the molecule is N#CC1[N]c2ccccc2S1. The fraction of sp³-hybridized carbons (Fsp3) is 0.125. The average molecular weight is 161 g/mol. The number of fused-ring (bicyclic) bond motifs is 1. The van der Waals surface area contributed by atoms with Gasteiger partial charge in [-0.3, -0.25) is 5.32 Å². The molecular formula is C8H5N2S. The van der Waals surface area contributed by atoms with Crippen LogP contribution in [-0.2, 0) is 0 Å². The van der Waals surface area contributed by atoms with Crippen LogP contribution >= 0.6 is 11.8 Å². The molecule has 1 aliphatic rings. The molecule has 1 aromatic rings. The molecular weight excluding hydrogens is 156 g/mol. The zero-order valence-electron chi connectivity index (χ0n) is 5.69. The Bertz CT molecular complexity index is 291. The van der Waals surface area contributed by atoms with Gasteiger partial charge >= 0.3 is 0 Å². The van der Waals surface area contributed by atoms with Gasteiger partial charge in [0.2, 0.25) is 0 Å². The Balaban J connectivity index is 2.35. The fourth-order valence-corrected chi connectivity index (χ4v) is 1.85. The summed E-state index contributed by atoms with van der Waals surface area (Å²) in [6.07, 6.45) is 0. The fourth-order valence-electron chi connectivity index (χ4n) is 0.992. The van der Waals surface area contributed by atoms with E-state index in [1.54, 1.807) is 0 Å². The topological polar surface area (TPSA) is 37.9 Å². The van der Waals surface area contributed by atoms with E-state index in [4.69, 9.17) is 5.26 Å². The predicted octanol–water partition coefficient (Wildman–Crippen LogP) is 1.88. The summed E-state index contributed by atoms with van der Waals surface area (Å²) in [6, 6.07) is 9.92. The van der Waals surface area contributed by atoms with Gasteiger partial charge in [-0.1, -0.05) is 23.9 Å². The summed E-state index contributed by atoms with van der Waals surface area (Å²) >= 11 is 1.51. The molecule has 1 aromatic carbocycles. The first-order valence-corrected chi connectivity index (χ1v) is 4.14. The number of para-hydroxylation sites is 1. The lowest BCUT2D eigenvalue weighted by molar-refractivity contribution is 0.942. The Morgan fingerprint density at radius 1 is 1.45 bits per heavy atom. The molecule has 3 heteroatoms. The van der Waals surface area contributed by atoms with Crippen LogP contribution in [0.25, 0.3) is 0 Å². The highest BCUT2D eigenvalue weighted by Gasteiger charge is 2.21. The minimum Gasteiger partial charge on any atom is -0.254 e. The lowest BCUT2D eigenvalue weighted by atomic mass is 10.3. The summed E-state index contributed by atoms with van der Waals surface area (Å²) < 4.78 is 0. The number of hydrogen-bond donors (Lipinski definition) is 0. The first-order chi connectivity index (χ1) is 5.40. The molecule has 53 valence electrons. The van der Waals surface area contributed by atoms with Crippen LogP contribution in [0.5, 0.6) is 0 Å². The standard InChI is InChI=1S/C8H5N2S/c9-5-8-10-6-3-1-2-4-7(6)11-8/h1-4,8H. The Morgan fingerprint density at radius 3 is 3.00 bits per heavy atom. The van der Waals surface area contributed by atoms with Crippen molar-refractivity contribution in [1.82, 2.24) is 5.32 Å². The molecule has 0 N–H and O–H groups in total. The van der Waals surface area contributed by atoms with Crippen molar-refractivity contribution < 1.29 is 0 Å². The van der Waals surface area contributed by atoms with Gasteiger partial charge in [0.25, 0.3) is 0 Å². The quantitative estimate of drug-likeness (QED) is 0.582. The third-order valence-corrected chi connectivity index (χ3v) is 2.50. The molecule has 0 saturated heterocycles. The van der Waals surface area contributed by atoms with Crippen molar-refractivity contribution in [1.29, 1.82) is 5.26 Å². The molecule has 0 saturated carbocycles. The van der Waals surface area contributed by atoms with Crippen LogP contribution in [0.1, 0.15) is 0 Å². The van der Waals surface area contributed by atoms with Crippen molar-refractivity contribution >= 4 is 17.4 Å². The summed E-state index contributed by atoms with van der Waals surface area (Å²) in [4.78, 5) is 1.11. The van der Waals surface area contributed by atoms with E-state index in [0.29, 0.717) is 0 Å². The van der Waals surface area contributed by atoms with E-state index < -0.39 is 0 Å². The molecule has 1 aliphatic heterocycles. The largest absolute Gasteiger partial charge is 0.254 e. The zero-order valence-corrected chi connectivity index (χ0v) is 6.51. The monoisotopic (exact) mass is 161 g/mol. The molecule has 11 heavy (non-hydrogen) atoms. The molecule has 2 rings (SSSR count). The molecule has 0 aliphatic carbocycles. The number of nitrogens with zero attached hydrogens (tertiary/aromatic N) is 2. The van der Waals surface area contributed by atoms with E-state index in [1.165, 1.54) is 11.8 Å². The molecule has 0 bridgehead atoms. The van der Waals surface area contributed by atoms with Crippen molar-refractivity contribution in [3.05, 3.63) is 24.3 Å². The van der Waals surface area contributed by atoms with Gasteiger partial charge in [-0.25, -0.2) is 0 Å². The zero-order chi connectivity index (χ0) is 7.68. The highest BCUT2D eigenvalue weighted by atomic mass is 32.2. The number of rotatable bonds is 0. The molecule has 0 spiro atoms. The second-order valence-corrected chi connectivity index (χ2v) is 3.32. The molecule has 1 radical (unpaired) electrons. The normalized spacial score (nSPS) is 20.1. The second-order valence-electron chi connectivity index (χ2n) is 2.20. The summed E-state index contributed by atoms with van der Waals surface area (Å²) in [6.45, 7) is 0. The van der Waals surface area contributed by atoms with E-state index in [9.17, 15) is 0 Å². The van der Waals surface area contributed by atoms with Gasteiger partial charge in [0.15, 0.2) is 5.37 Å². The average Bonchev–Trinajstić information content (AvgIpc) is 2.46. The van der Waals surface area contributed by atoms with Gasteiger partial charge in [-0.2, -0.15) is 5.26 Å². The first-order valence-electron chi connectivity index (χ1n) is 3.26. The van der Waals surface area contributed by atoms with E-state index in [1.807, 2.05) is 24.3 Å². The van der Waals surface area contributed by atoms with Crippen molar-refractivity contribution in [2.45, 2.75) is 10.3 Å². The Kier molecular flexibility index (Phi) is 1.48. The Morgan fingerprint density at radius 2 is 2.27 bits per heavy atom. The van der Waals surface area contributed by atoms with Gasteiger partial charge in [0, 0.05) is 4.90 Å². The van der Waals surface area contributed by atoms with Crippen LogP contribution in [0.4, 0.5) is 5.69 Å². The number of hydrogen-bond acceptors (Lipinski definition) is 2. The lowest BCUT2D eigenvalue weighted by Gasteiger charge is -1.92. The summed E-state index contributed by atoms with van der Waals surface area (Å²) in [5.74, 6) is 0. The lowest BCUT2D eigenvalue weighted by Crippen LogP contribution is -2.03. The maximum atomic E-state index is 8.57. The summed E-state index contributed by atoms with van der Waals surface area (Å²) in [5.41, 5.74) is 0.948. The van der Waals surface area contributed by atoms with Crippen molar-refractivity contribution in [3.63, 3.8) is 0 Å². The number of nitriles is 1. The Hall–Kier alpha value is -1.14. The van der Waals surface area contributed by atoms with Crippen LogP contribution < -0.4 is 5.32 Å². The van der Waals surface area contributed by atoms with Gasteiger partial charge in [-0.05, 0) is 12.1 Å². The molecule has 0 fully saturated rings. The smallest absolute Gasteiger partial charge is 0.187 e. The van der Waals surface area contributed by atoms with Crippen LogP contribution in [0.2, 0.25) is 0 Å². The minimum atomic E-state index is -0.229.